The second-order valence-corrected chi connectivity index (χ2v) is 4.14. The third-order valence-electron chi connectivity index (χ3n) is 2.70. The molecule has 1 heterocycles. The van der Waals surface area contributed by atoms with E-state index in [1.54, 1.807) is 12.3 Å². The van der Waals surface area contributed by atoms with Crippen LogP contribution in [0.2, 0.25) is 0 Å². The van der Waals surface area contributed by atoms with E-state index in [0.717, 1.165) is 17.4 Å². The van der Waals surface area contributed by atoms with Crippen LogP contribution in [0, 0.1) is 5.92 Å². The molecule has 2 aromatic rings. The monoisotopic (exact) mass is 217 g/mol. The molecular formula is C13H15NO2. The molecule has 0 radical (unpaired) electrons. The van der Waals surface area contributed by atoms with Gasteiger partial charge in [0, 0.05) is 30.8 Å². The lowest BCUT2D eigenvalue weighted by atomic mass is 10.1. The first-order valence-corrected chi connectivity index (χ1v) is 5.41. The van der Waals surface area contributed by atoms with Crippen molar-refractivity contribution in [2.24, 2.45) is 5.92 Å². The van der Waals surface area contributed by atoms with E-state index in [1.165, 1.54) is 0 Å². The highest BCUT2D eigenvalue weighted by molar-refractivity contribution is 5.78. The van der Waals surface area contributed by atoms with Crippen molar-refractivity contribution in [3.63, 3.8) is 0 Å². The van der Waals surface area contributed by atoms with Crippen molar-refractivity contribution in [2.75, 3.05) is 6.61 Å². The lowest BCUT2D eigenvalue weighted by Crippen LogP contribution is -2.14. The van der Waals surface area contributed by atoms with Crippen molar-refractivity contribution < 1.29 is 5.11 Å². The number of benzene rings is 1. The third kappa shape index (κ3) is 1.99. The summed E-state index contributed by atoms with van der Waals surface area (Å²) in [4.78, 5) is 11.6. The highest BCUT2D eigenvalue weighted by atomic mass is 16.3. The largest absolute Gasteiger partial charge is 0.396 e. The standard InChI is InChI=1S/C13H15NO2/c1-10(9-15)8-14-7-6-13(16)11-4-2-3-5-12(11)14/h2-7,10,15H,8-9H2,1H3. The van der Waals surface area contributed by atoms with Gasteiger partial charge in [-0.05, 0) is 18.1 Å². The zero-order chi connectivity index (χ0) is 11.5. The molecule has 16 heavy (non-hydrogen) atoms. The van der Waals surface area contributed by atoms with Gasteiger partial charge in [0.25, 0.3) is 0 Å². The molecule has 0 spiro atoms. The highest BCUT2D eigenvalue weighted by Crippen LogP contribution is 2.11. The van der Waals surface area contributed by atoms with E-state index in [2.05, 4.69) is 0 Å². The van der Waals surface area contributed by atoms with E-state index in [-0.39, 0.29) is 18.0 Å². The minimum absolute atomic E-state index is 0.0449. The number of aliphatic hydroxyl groups is 1. The summed E-state index contributed by atoms with van der Waals surface area (Å²) < 4.78 is 2.01. The summed E-state index contributed by atoms with van der Waals surface area (Å²) >= 11 is 0. The minimum atomic E-state index is 0.0449. The molecule has 0 aliphatic rings. The van der Waals surface area contributed by atoms with Gasteiger partial charge in [-0.2, -0.15) is 0 Å². The molecule has 0 fully saturated rings. The van der Waals surface area contributed by atoms with Crippen molar-refractivity contribution in [3.8, 4) is 0 Å². The second kappa shape index (κ2) is 4.49. The van der Waals surface area contributed by atoms with E-state index in [9.17, 15) is 4.79 Å². The summed E-state index contributed by atoms with van der Waals surface area (Å²) in [6, 6.07) is 9.12. The Morgan fingerprint density at radius 3 is 2.81 bits per heavy atom. The van der Waals surface area contributed by atoms with Gasteiger partial charge in [0.15, 0.2) is 5.43 Å². The van der Waals surface area contributed by atoms with Crippen LogP contribution in [0.1, 0.15) is 6.92 Å². The van der Waals surface area contributed by atoms with E-state index < -0.39 is 0 Å². The maximum Gasteiger partial charge on any atom is 0.189 e. The van der Waals surface area contributed by atoms with Crippen molar-refractivity contribution >= 4 is 10.9 Å². The molecule has 0 amide bonds. The van der Waals surface area contributed by atoms with Gasteiger partial charge in [0.05, 0.1) is 5.52 Å². The Kier molecular flexibility index (Phi) is 3.06. The number of nitrogens with zero attached hydrogens (tertiary/aromatic N) is 1. The Labute approximate surface area is 94.0 Å². The predicted octanol–water partition coefficient (Wildman–Crippen LogP) is 1.63. The molecule has 1 aromatic carbocycles. The molecular weight excluding hydrogens is 202 g/mol. The molecule has 1 unspecified atom stereocenters. The lowest BCUT2D eigenvalue weighted by molar-refractivity contribution is 0.224. The summed E-state index contributed by atoms with van der Waals surface area (Å²) in [6.07, 6.45) is 1.79. The maximum absolute atomic E-state index is 11.6. The molecule has 1 atom stereocenters. The highest BCUT2D eigenvalue weighted by Gasteiger charge is 2.05. The van der Waals surface area contributed by atoms with Gasteiger partial charge < -0.3 is 9.67 Å². The van der Waals surface area contributed by atoms with Gasteiger partial charge in [0.1, 0.15) is 0 Å². The topological polar surface area (TPSA) is 42.2 Å². The van der Waals surface area contributed by atoms with Crippen molar-refractivity contribution in [3.05, 3.63) is 46.8 Å². The number of pyridine rings is 1. The first kappa shape index (κ1) is 10.9. The zero-order valence-electron chi connectivity index (χ0n) is 9.26. The fourth-order valence-corrected chi connectivity index (χ4v) is 1.81. The summed E-state index contributed by atoms with van der Waals surface area (Å²) in [5.74, 6) is 0.186. The van der Waals surface area contributed by atoms with Gasteiger partial charge in [-0.25, -0.2) is 0 Å². The number of rotatable bonds is 3. The van der Waals surface area contributed by atoms with Crippen LogP contribution in [-0.4, -0.2) is 16.3 Å². The van der Waals surface area contributed by atoms with Crippen molar-refractivity contribution in [1.82, 2.24) is 4.57 Å². The van der Waals surface area contributed by atoms with Crippen LogP contribution < -0.4 is 5.43 Å². The number of hydrogen-bond acceptors (Lipinski definition) is 2. The molecule has 84 valence electrons. The molecule has 0 aliphatic heterocycles. The molecule has 0 saturated carbocycles. The normalized spacial score (nSPS) is 12.9. The number of para-hydroxylation sites is 1. The molecule has 0 bridgehead atoms. The predicted molar refractivity (Wildman–Crippen MR) is 64.5 cm³/mol. The molecule has 0 saturated heterocycles. The van der Waals surface area contributed by atoms with Gasteiger partial charge in [-0.1, -0.05) is 19.1 Å². The first-order valence-electron chi connectivity index (χ1n) is 5.41. The third-order valence-corrected chi connectivity index (χ3v) is 2.70. The van der Waals surface area contributed by atoms with Crippen molar-refractivity contribution in [1.29, 1.82) is 0 Å². The van der Waals surface area contributed by atoms with E-state index in [0.29, 0.717) is 0 Å². The number of aliphatic hydroxyl groups excluding tert-OH is 1. The molecule has 1 aromatic heterocycles. The molecule has 3 heteroatoms. The van der Waals surface area contributed by atoms with Crippen LogP contribution in [0.25, 0.3) is 10.9 Å². The second-order valence-electron chi connectivity index (χ2n) is 4.14. The van der Waals surface area contributed by atoms with Crippen LogP contribution in [0.15, 0.2) is 41.3 Å². The maximum atomic E-state index is 11.6. The Hall–Kier alpha value is -1.61. The van der Waals surface area contributed by atoms with Crippen LogP contribution in [0.4, 0.5) is 0 Å². The number of aromatic nitrogens is 1. The fraction of sp³-hybridized carbons (Fsp3) is 0.308. The van der Waals surface area contributed by atoms with Crippen molar-refractivity contribution in [2.45, 2.75) is 13.5 Å². The minimum Gasteiger partial charge on any atom is -0.396 e. The van der Waals surface area contributed by atoms with Crippen LogP contribution in [0.3, 0.4) is 0 Å². The Morgan fingerprint density at radius 2 is 2.06 bits per heavy atom. The summed E-state index contributed by atoms with van der Waals surface area (Å²) in [6.45, 7) is 2.85. The molecule has 0 aliphatic carbocycles. The lowest BCUT2D eigenvalue weighted by Gasteiger charge is -2.14. The van der Waals surface area contributed by atoms with Gasteiger partial charge >= 0.3 is 0 Å². The Balaban J connectivity index is 2.54. The average Bonchev–Trinajstić information content (AvgIpc) is 2.33. The van der Waals surface area contributed by atoms with Crippen LogP contribution in [0.5, 0.6) is 0 Å². The first-order chi connectivity index (χ1) is 7.72. The van der Waals surface area contributed by atoms with E-state index >= 15 is 0 Å². The fourth-order valence-electron chi connectivity index (χ4n) is 1.81. The molecule has 1 N–H and O–H groups in total. The number of fused-ring (bicyclic) bond motifs is 1. The summed E-state index contributed by atoms with van der Waals surface area (Å²) in [5.41, 5.74) is 0.971. The SMILES string of the molecule is CC(CO)Cn1ccc(=O)c2ccccc21. The Bertz CT molecular complexity index is 545. The summed E-state index contributed by atoms with van der Waals surface area (Å²) in [7, 11) is 0. The zero-order valence-corrected chi connectivity index (χ0v) is 9.26. The van der Waals surface area contributed by atoms with Gasteiger partial charge in [-0.15, -0.1) is 0 Å². The Morgan fingerprint density at radius 1 is 1.31 bits per heavy atom. The van der Waals surface area contributed by atoms with Gasteiger partial charge in [0.2, 0.25) is 0 Å². The number of hydrogen-bond donors (Lipinski definition) is 1. The van der Waals surface area contributed by atoms with Gasteiger partial charge in [-0.3, -0.25) is 4.79 Å². The van der Waals surface area contributed by atoms with E-state index in [4.69, 9.17) is 5.11 Å². The molecule has 2 rings (SSSR count). The smallest absolute Gasteiger partial charge is 0.189 e. The van der Waals surface area contributed by atoms with Crippen LogP contribution >= 0.6 is 0 Å². The summed E-state index contributed by atoms with van der Waals surface area (Å²) in [5, 5.41) is 9.78. The average molecular weight is 217 g/mol. The molecule has 3 nitrogen and oxygen atoms in total. The quantitative estimate of drug-likeness (QED) is 0.849. The van der Waals surface area contributed by atoms with Crippen LogP contribution in [-0.2, 0) is 6.54 Å². The van der Waals surface area contributed by atoms with E-state index in [1.807, 2.05) is 35.8 Å².